The molecule has 0 aliphatic rings. The van der Waals surface area contributed by atoms with Crippen molar-refractivity contribution >= 4 is 27.3 Å². The van der Waals surface area contributed by atoms with E-state index in [1.807, 2.05) is 5.38 Å². The summed E-state index contributed by atoms with van der Waals surface area (Å²) in [6.45, 7) is 6.32. The van der Waals surface area contributed by atoms with E-state index in [1.165, 1.54) is 23.5 Å². The lowest BCUT2D eigenvalue weighted by molar-refractivity contribution is 0.569. The van der Waals surface area contributed by atoms with Crippen LogP contribution in [0.1, 0.15) is 43.1 Å². The highest BCUT2D eigenvalue weighted by Crippen LogP contribution is 2.31. The molecule has 0 radical (unpaired) electrons. The Morgan fingerprint density at radius 3 is 2.63 bits per heavy atom. The number of nitrogens with zero attached hydrogens (tertiary/aromatic N) is 1. The third-order valence-electron chi connectivity index (χ3n) is 2.85. The Balaban J connectivity index is 2.36. The molecule has 19 heavy (non-hydrogen) atoms. The smallest absolute Gasteiger partial charge is 0.123 e. The van der Waals surface area contributed by atoms with E-state index in [4.69, 9.17) is 5.73 Å². The van der Waals surface area contributed by atoms with E-state index >= 15 is 0 Å². The van der Waals surface area contributed by atoms with E-state index in [0.29, 0.717) is 0 Å². The zero-order valence-electron chi connectivity index (χ0n) is 11.1. The van der Waals surface area contributed by atoms with Crippen LogP contribution in [0.15, 0.2) is 28.1 Å². The number of rotatable bonds is 2. The van der Waals surface area contributed by atoms with Crippen LogP contribution in [0.25, 0.3) is 0 Å². The van der Waals surface area contributed by atoms with Crippen molar-refractivity contribution in [2.75, 3.05) is 0 Å². The number of halogens is 2. The van der Waals surface area contributed by atoms with Crippen molar-refractivity contribution in [2.45, 2.75) is 32.2 Å². The van der Waals surface area contributed by atoms with E-state index in [9.17, 15) is 4.39 Å². The highest BCUT2D eigenvalue weighted by atomic mass is 79.9. The van der Waals surface area contributed by atoms with E-state index in [2.05, 4.69) is 41.7 Å². The summed E-state index contributed by atoms with van der Waals surface area (Å²) >= 11 is 4.92. The third kappa shape index (κ3) is 3.22. The standard InChI is InChI=1S/C14H16BrFN2S/c1-14(2,3)11-7-19-13(18-11)12(17)9-6-8(16)4-5-10(9)15/h4-7,12H,17H2,1-3H3. The van der Waals surface area contributed by atoms with Crippen LogP contribution < -0.4 is 5.73 Å². The second kappa shape index (κ2) is 5.31. The van der Waals surface area contributed by atoms with E-state index < -0.39 is 6.04 Å². The summed E-state index contributed by atoms with van der Waals surface area (Å²) < 4.78 is 14.1. The maximum Gasteiger partial charge on any atom is 0.123 e. The maximum absolute atomic E-state index is 13.3. The molecule has 1 aromatic heterocycles. The molecule has 1 aromatic carbocycles. The first-order valence-corrected chi connectivity index (χ1v) is 7.63. The molecule has 0 saturated carbocycles. The molecule has 0 aliphatic heterocycles. The van der Waals surface area contributed by atoms with Crippen molar-refractivity contribution in [1.82, 2.24) is 4.98 Å². The lowest BCUT2D eigenvalue weighted by Crippen LogP contribution is -2.15. The summed E-state index contributed by atoms with van der Waals surface area (Å²) in [7, 11) is 0. The maximum atomic E-state index is 13.3. The van der Waals surface area contributed by atoms with E-state index in [0.717, 1.165) is 20.7 Å². The number of aromatic nitrogens is 1. The van der Waals surface area contributed by atoms with Gasteiger partial charge >= 0.3 is 0 Å². The second-order valence-corrected chi connectivity index (χ2v) is 7.21. The zero-order valence-corrected chi connectivity index (χ0v) is 13.5. The molecule has 0 fully saturated rings. The molecule has 2 aromatic rings. The molecule has 2 rings (SSSR count). The molecular weight excluding hydrogens is 327 g/mol. The normalized spacial score (nSPS) is 13.6. The SMILES string of the molecule is CC(C)(C)c1csc(C(N)c2cc(F)ccc2Br)n1. The first-order chi connectivity index (χ1) is 8.79. The van der Waals surface area contributed by atoms with Crippen LogP contribution >= 0.6 is 27.3 Å². The molecule has 2 nitrogen and oxygen atoms in total. The first kappa shape index (κ1) is 14.6. The monoisotopic (exact) mass is 342 g/mol. The molecule has 5 heteroatoms. The van der Waals surface area contributed by atoms with Gasteiger partial charge in [0, 0.05) is 15.3 Å². The summed E-state index contributed by atoms with van der Waals surface area (Å²) in [6, 6.07) is 4.12. The van der Waals surface area contributed by atoms with Crippen LogP contribution in [-0.2, 0) is 5.41 Å². The van der Waals surface area contributed by atoms with Gasteiger partial charge in [0.2, 0.25) is 0 Å². The van der Waals surface area contributed by atoms with Gasteiger partial charge in [-0.3, -0.25) is 0 Å². The van der Waals surface area contributed by atoms with Gasteiger partial charge in [-0.25, -0.2) is 9.37 Å². The third-order valence-corrected chi connectivity index (χ3v) is 4.50. The Labute approximate surface area is 125 Å². The summed E-state index contributed by atoms with van der Waals surface area (Å²) in [5, 5.41) is 2.82. The van der Waals surface area contributed by atoms with E-state index in [1.54, 1.807) is 6.07 Å². The zero-order chi connectivity index (χ0) is 14.2. The Morgan fingerprint density at radius 2 is 2.05 bits per heavy atom. The van der Waals surface area contributed by atoms with Crippen LogP contribution in [-0.4, -0.2) is 4.98 Å². The molecule has 0 aliphatic carbocycles. The molecule has 0 bridgehead atoms. The van der Waals surface area contributed by atoms with Gasteiger partial charge in [-0.05, 0) is 23.8 Å². The average Bonchev–Trinajstić information content (AvgIpc) is 2.80. The first-order valence-electron chi connectivity index (χ1n) is 5.95. The van der Waals surface area contributed by atoms with Crippen molar-refractivity contribution in [3.63, 3.8) is 0 Å². The summed E-state index contributed by atoms with van der Waals surface area (Å²) in [6.07, 6.45) is 0. The highest BCUT2D eigenvalue weighted by Gasteiger charge is 2.21. The minimum Gasteiger partial charge on any atom is -0.318 e. The van der Waals surface area contributed by atoms with Crippen molar-refractivity contribution in [3.05, 3.63) is 50.1 Å². The van der Waals surface area contributed by atoms with Crippen molar-refractivity contribution < 1.29 is 4.39 Å². The van der Waals surface area contributed by atoms with Gasteiger partial charge in [0.05, 0.1) is 11.7 Å². The van der Waals surface area contributed by atoms with Gasteiger partial charge in [-0.1, -0.05) is 36.7 Å². The average molecular weight is 343 g/mol. The van der Waals surface area contributed by atoms with Gasteiger partial charge in [0.25, 0.3) is 0 Å². The topological polar surface area (TPSA) is 38.9 Å². The van der Waals surface area contributed by atoms with Crippen LogP contribution in [0.2, 0.25) is 0 Å². The fourth-order valence-corrected chi connectivity index (χ4v) is 3.22. The number of nitrogens with two attached hydrogens (primary N) is 1. The van der Waals surface area contributed by atoms with Gasteiger partial charge in [0.15, 0.2) is 0 Å². The largest absolute Gasteiger partial charge is 0.318 e. The summed E-state index contributed by atoms with van der Waals surface area (Å²) in [5.41, 5.74) is 7.91. The van der Waals surface area contributed by atoms with Gasteiger partial charge in [-0.2, -0.15) is 0 Å². The Bertz CT molecular complexity index is 589. The molecule has 102 valence electrons. The fraction of sp³-hybridized carbons (Fsp3) is 0.357. The van der Waals surface area contributed by atoms with Gasteiger partial charge in [-0.15, -0.1) is 11.3 Å². The van der Waals surface area contributed by atoms with Crippen LogP contribution in [0.5, 0.6) is 0 Å². The van der Waals surface area contributed by atoms with Crippen molar-refractivity contribution in [1.29, 1.82) is 0 Å². The molecule has 2 N–H and O–H groups in total. The lowest BCUT2D eigenvalue weighted by Gasteiger charge is -2.15. The Morgan fingerprint density at radius 1 is 1.37 bits per heavy atom. The van der Waals surface area contributed by atoms with Crippen molar-refractivity contribution in [3.8, 4) is 0 Å². The van der Waals surface area contributed by atoms with Crippen LogP contribution in [0.4, 0.5) is 4.39 Å². The Hall–Kier alpha value is -0.780. The number of hydrogen-bond acceptors (Lipinski definition) is 3. The van der Waals surface area contributed by atoms with Crippen LogP contribution in [0, 0.1) is 5.82 Å². The minimum absolute atomic E-state index is 0.00631. The quantitative estimate of drug-likeness (QED) is 0.878. The lowest BCUT2D eigenvalue weighted by atomic mass is 9.93. The molecule has 0 amide bonds. The summed E-state index contributed by atoms with van der Waals surface area (Å²) in [4.78, 5) is 4.58. The minimum atomic E-state index is -0.411. The molecule has 1 heterocycles. The molecule has 0 saturated heterocycles. The predicted octanol–water partition coefficient (Wildman–Crippen LogP) is 4.39. The van der Waals surface area contributed by atoms with E-state index in [-0.39, 0.29) is 11.2 Å². The summed E-state index contributed by atoms with van der Waals surface area (Å²) in [5.74, 6) is -0.291. The van der Waals surface area contributed by atoms with Gasteiger partial charge in [0.1, 0.15) is 10.8 Å². The van der Waals surface area contributed by atoms with Crippen molar-refractivity contribution in [2.24, 2.45) is 5.73 Å². The molecular formula is C14H16BrFN2S. The molecule has 1 unspecified atom stereocenters. The fourth-order valence-electron chi connectivity index (χ4n) is 1.66. The number of thiazole rings is 1. The second-order valence-electron chi connectivity index (χ2n) is 5.46. The Kier molecular flexibility index (Phi) is 4.08. The highest BCUT2D eigenvalue weighted by molar-refractivity contribution is 9.10. The molecule has 1 atom stereocenters. The van der Waals surface area contributed by atoms with Crippen LogP contribution in [0.3, 0.4) is 0 Å². The molecule has 0 spiro atoms. The predicted molar refractivity (Wildman–Crippen MR) is 80.9 cm³/mol. The van der Waals surface area contributed by atoms with Gasteiger partial charge < -0.3 is 5.73 Å². The number of benzene rings is 1. The number of hydrogen-bond donors (Lipinski definition) is 1.